The number of pyridine rings is 1. The number of fused-ring (bicyclic) bond motifs is 1. The Morgan fingerprint density at radius 3 is 2.83 bits per heavy atom. The number of hydrogen-bond acceptors (Lipinski definition) is 2. The number of primary amides is 1. The molecule has 0 aliphatic heterocycles. The second-order valence-electron chi connectivity index (χ2n) is 3.70. The molecule has 0 aliphatic rings. The van der Waals surface area contributed by atoms with Gasteiger partial charge in [-0.2, -0.15) is 0 Å². The lowest BCUT2D eigenvalue weighted by Crippen LogP contribution is -2.36. The second kappa shape index (κ2) is 5.12. The highest BCUT2D eigenvalue weighted by Gasteiger charge is 2.13. The van der Waals surface area contributed by atoms with Gasteiger partial charge in [-0.05, 0) is 25.1 Å². The molecule has 0 saturated heterocycles. The summed E-state index contributed by atoms with van der Waals surface area (Å²) in [6.45, 7) is 2.30. The third-order valence-corrected chi connectivity index (χ3v) is 3.66. The number of carbonyl (C=O) groups is 1. The maximum atomic E-state index is 11.3. The van der Waals surface area contributed by atoms with Crippen LogP contribution in [0.3, 0.4) is 0 Å². The van der Waals surface area contributed by atoms with Gasteiger partial charge in [-0.25, -0.2) is 9.78 Å². The minimum absolute atomic E-state index is 0.464. The number of nitrogens with zero attached hydrogens (tertiary/aromatic N) is 2. The van der Waals surface area contributed by atoms with Crippen LogP contribution in [-0.4, -0.2) is 17.6 Å². The molecule has 0 unspecified atom stereocenters. The first-order valence-corrected chi connectivity index (χ1v) is 6.52. The van der Waals surface area contributed by atoms with Gasteiger partial charge >= 0.3 is 6.03 Å². The van der Waals surface area contributed by atoms with Gasteiger partial charge in [0.15, 0.2) is 0 Å². The van der Waals surface area contributed by atoms with Crippen molar-refractivity contribution in [3.63, 3.8) is 0 Å². The van der Waals surface area contributed by atoms with E-state index in [1.54, 1.807) is 18.3 Å². The summed E-state index contributed by atoms with van der Waals surface area (Å²) in [5.74, 6) is 0.514. The molecule has 18 heavy (non-hydrogen) atoms. The molecule has 1 aromatic heterocycles. The van der Waals surface area contributed by atoms with Gasteiger partial charge in [0.2, 0.25) is 0 Å². The van der Waals surface area contributed by atoms with Crippen LogP contribution in [0.1, 0.15) is 6.92 Å². The van der Waals surface area contributed by atoms with Crippen LogP contribution in [0, 0.1) is 0 Å². The molecule has 1 aromatic carbocycles. The van der Waals surface area contributed by atoms with E-state index in [-0.39, 0.29) is 0 Å². The quantitative estimate of drug-likeness (QED) is 0.916. The first-order valence-electron chi connectivity index (χ1n) is 5.35. The average Bonchev–Trinajstić information content (AvgIpc) is 2.34. The van der Waals surface area contributed by atoms with Gasteiger partial charge in [-0.15, -0.1) is 0 Å². The van der Waals surface area contributed by atoms with E-state index in [0.29, 0.717) is 17.4 Å². The smallest absolute Gasteiger partial charge is 0.320 e. The Morgan fingerprint density at radius 2 is 2.22 bits per heavy atom. The third-order valence-electron chi connectivity index (χ3n) is 2.64. The van der Waals surface area contributed by atoms with E-state index >= 15 is 0 Å². The molecule has 2 rings (SSSR count). The van der Waals surface area contributed by atoms with Crippen molar-refractivity contribution in [2.75, 3.05) is 11.4 Å². The van der Waals surface area contributed by atoms with E-state index < -0.39 is 6.03 Å². The summed E-state index contributed by atoms with van der Waals surface area (Å²) < 4.78 is 0.895. The Bertz CT molecular complexity index is 618. The monoisotopic (exact) mass is 327 g/mol. The number of nitrogens with two attached hydrogens (primary N) is 1. The Kier molecular flexibility index (Phi) is 3.73. The van der Waals surface area contributed by atoms with Gasteiger partial charge < -0.3 is 5.73 Å². The normalized spacial score (nSPS) is 10.6. The van der Waals surface area contributed by atoms with Crippen molar-refractivity contribution >= 4 is 50.2 Å². The zero-order chi connectivity index (χ0) is 13.3. The minimum atomic E-state index is -0.525. The highest BCUT2D eigenvalue weighted by Crippen LogP contribution is 2.31. The summed E-state index contributed by atoms with van der Waals surface area (Å²) in [5.41, 5.74) is 5.30. The van der Waals surface area contributed by atoms with Crippen molar-refractivity contribution in [1.82, 2.24) is 4.98 Å². The number of halogens is 2. The van der Waals surface area contributed by atoms with E-state index in [0.717, 1.165) is 15.2 Å². The average molecular weight is 329 g/mol. The maximum Gasteiger partial charge on any atom is 0.320 e. The molecule has 2 N–H and O–H groups in total. The number of aromatic nitrogens is 1. The van der Waals surface area contributed by atoms with Crippen LogP contribution in [-0.2, 0) is 0 Å². The van der Waals surface area contributed by atoms with Crippen molar-refractivity contribution in [2.24, 2.45) is 5.73 Å². The van der Waals surface area contributed by atoms with Gasteiger partial charge in [0.05, 0.1) is 5.02 Å². The number of hydrogen-bond donors (Lipinski definition) is 1. The Morgan fingerprint density at radius 1 is 1.50 bits per heavy atom. The van der Waals surface area contributed by atoms with Crippen molar-refractivity contribution in [2.45, 2.75) is 6.92 Å². The van der Waals surface area contributed by atoms with E-state index in [9.17, 15) is 4.79 Å². The minimum Gasteiger partial charge on any atom is -0.351 e. The molecule has 0 saturated carbocycles. The zero-order valence-corrected chi connectivity index (χ0v) is 12.0. The first-order chi connectivity index (χ1) is 8.54. The van der Waals surface area contributed by atoms with E-state index in [2.05, 4.69) is 20.9 Å². The molecule has 0 spiro atoms. The van der Waals surface area contributed by atoms with Crippen LogP contribution < -0.4 is 10.6 Å². The van der Waals surface area contributed by atoms with Crippen LogP contribution in [0.25, 0.3) is 10.8 Å². The highest BCUT2D eigenvalue weighted by atomic mass is 79.9. The molecule has 4 nitrogen and oxygen atoms in total. The van der Waals surface area contributed by atoms with Crippen molar-refractivity contribution < 1.29 is 4.79 Å². The summed E-state index contributed by atoms with van der Waals surface area (Å²) in [6, 6.07) is 4.91. The predicted octanol–water partition coefficient (Wildman–Crippen LogP) is 3.56. The van der Waals surface area contributed by atoms with Crippen molar-refractivity contribution in [1.29, 1.82) is 0 Å². The lowest BCUT2D eigenvalue weighted by atomic mass is 10.2. The molecule has 1 heterocycles. The van der Waals surface area contributed by atoms with E-state index in [4.69, 9.17) is 17.3 Å². The number of amides is 2. The lowest BCUT2D eigenvalue weighted by molar-refractivity contribution is 0.254. The third kappa shape index (κ3) is 2.28. The maximum absolute atomic E-state index is 11.3. The molecule has 0 aliphatic carbocycles. The summed E-state index contributed by atoms with van der Waals surface area (Å²) in [6.07, 6.45) is 1.64. The van der Waals surface area contributed by atoms with Crippen LogP contribution in [0.5, 0.6) is 0 Å². The van der Waals surface area contributed by atoms with Gasteiger partial charge in [0.1, 0.15) is 5.82 Å². The fraction of sp³-hybridized carbons (Fsp3) is 0.167. The topological polar surface area (TPSA) is 59.2 Å². The van der Waals surface area contributed by atoms with Crippen molar-refractivity contribution in [3.8, 4) is 0 Å². The molecule has 2 amide bonds. The molecule has 0 fully saturated rings. The van der Waals surface area contributed by atoms with Crippen LogP contribution in [0.4, 0.5) is 10.6 Å². The number of benzene rings is 1. The molecular formula is C12H11BrClN3O. The molecular weight excluding hydrogens is 318 g/mol. The van der Waals surface area contributed by atoms with Gasteiger partial charge in [-0.3, -0.25) is 4.90 Å². The van der Waals surface area contributed by atoms with Crippen LogP contribution in [0.15, 0.2) is 28.9 Å². The molecule has 94 valence electrons. The number of carbonyl (C=O) groups excluding carboxylic acids is 1. The van der Waals surface area contributed by atoms with Crippen LogP contribution >= 0.6 is 27.5 Å². The second-order valence-corrected chi connectivity index (χ2v) is 4.96. The van der Waals surface area contributed by atoms with Crippen LogP contribution in [0.2, 0.25) is 5.02 Å². The first kappa shape index (κ1) is 13.1. The highest BCUT2D eigenvalue weighted by molar-refractivity contribution is 9.10. The van der Waals surface area contributed by atoms with E-state index in [1.165, 1.54) is 4.90 Å². The molecule has 0 radical (unpaired) electrons. The number of rotatable bonds is 2. The lowest BCUT2D eigenvalue weighted by Gasteiger charge is -2.17. The Labute approximate surface area is 118 Å². The Hall–Kier alpha value is -1.33. The van der Waals surface area contributed by atoms with Gasteiger partial charge in [-0.1, -0.05) is 27.5 Å². The zero-order valence-electron chi connectivity index (χ0n) is 9.65. The van der Waals surface area contributed by atoms with E-state index in [1.807, 2.05) is 13.0 Å². The SMILES string of the molecule is CCN(C(N)=O)c1cc2c(Br)ccc(Cl)c2cn1. The fourth-order valence-electron chi connectivity index (χ4n) is 1.74. The molecule has 0 bridgehead atoms. The number of anilines is 1. The number of urea groups is 1. The summed E-state index contributed by atoms with van der Waals surface area (Å²) in [7, 11) is 0. The summed E-state index contributed by atoms with van der Waals surface area (Å²) >= 11 is 9.54. The molecule has 2 aromatic rings. The van der Waals surface area contributed by atoms with Crippen molar-refractivity contribution in [3.05, 3.63) is 33.9 Å². The van der Waals surface area contributed by atoms with Gasteiger partial charge in [0, 0.05) is 28.0 Å². The Balaban J connectivity index is 2.63. The predicted molar refractivity (Wildman–Crippen MR) is 77.1 cm³/mol. The fourth-order valence-corrected chi connectivity index (χ4v) is 2.41. The molecule has 0 atom stereocenters. The standard InChI is InChI=1S/C12H11BrClN3O/c1-2-17(12(15)18)11-5-7-8(6-16-11)10(14)4-3-9(7)13/h3-6H,2H2,1H3,(H2,15,18). The van der Waals surface area contributed by atoms with Gasteiger partial charge in [0.25, 0.3) is 0 Å². The largest absolute Gasteiger partial charge is 0.351 e. The summed E-state index contributed by atoms with van der Waals surface area (Å²) in [5, 5.41) is 2.34. The molecule has 6 heteroatoms. The summed E-state index contributed by atoms with van der Waals surface area (Å²) in [4.78, 5) is 16.9.